The monoisotopic (exact) mass is 317 g/mol. The lowest BCUT2D eigenvalue weighted by atomic mass is 10.1. The molecule has 0 unspecified atom stereocenters. The highest BCUT2D eigenvalue weighted by molar-refractivity contribution is 5.85. The molecule has 5 heteroatoms. The van der Waals surface area contributed by atoms with Crippen LogP contribution in [0.2, 0.25) is 0 Å². The van der Waals surface area contributed by atoms with Crippen LogP contribution in [0.5, 0.6) is 5.75 Å². The Bertz CT molecular complexity index is 551. The molecule has 0 saturated heterocycles. The van der Waals surface area contributed by atoms with E-state index in [1.165, 1.54) is 18.1 Å². The topological polar surface area (TPSA) is 55.8 Å². The van der Waals surface area contributed by atoms with Crippen molar-refractivity contribution in [2.45, 2.75) is 25.4 Å². The first-order valence-corrected chi connectivity index (χ1v) is 7.29. The molecule has 0 N–H and O–H groups in total. The lowest BCUT2D eigenvalue weighted by Gasteiger charge is -2.29. The molecular formula is C18H23NO4. The number of rotatable bonds is 9. The predicted molar refractivity (Wildman–Crippen MR) is 89.0 cm³/mol. The number of nitrogens with zero attached hydrogens (tertiary/aromatic N) is 1. The second-order valence-electron chi connectivity index (χ2n) is 4.93. The number of esters is 1. The summed E-state index contributed by atoms with van der Waals surface area (Å²) in [4.78, 5) is 25.9. The van der Waals surface area contributed by atoms with Gasteiger partial charge in [0.25, 0.3) is 0 Å². The summed E-state index contributed by atoms with van der Waals surface area (Å²) in [5, 5.41) is 0. The van der Waals surface area contributed by atoms with Crippen molar-refractivity contribution in [3.05, 3.63) is 55.1 Å². The molecule has 23 heavy (non-hydrogen) atoms. The van der Waals surface area contributed by atoms with Gasteiger partial charge in [-0.25, -0.2) is 4.79 Å². The van der Waals surface area contributed by atoms with Crippen molar-refractivity contribution in [3.8, 4) is 5.75 Å². The SMILES string of the molecule is C=CCC(=O)N(Cc1ccc(OC)cc1)[C@H](CC=C)C(=O)OC. The average Bonchev–Trinajstić information content (AvgIpc) is 2.58. The summed E-state index contributed by atoms with van der Waals surface area (Å²) in [7, 11) is 2.90. The molecule has 124 valence electrons. The predicted octanol–water partition coefficient (Wildman–Crippen LogP) is 2.72. The van der Waals surface area contributed by atoms with E-state index in [1.807, 2.05) is 24.3 Å². The van der Waals surface area contributed by atoms with Crippen molar-refractivity contribution in [1.82, 2.24) is 4.90 Å². The van der Waals surface area contributed by atoms with Crippen molar-refractivity contribution >= 4 is 11.9 Å². The Morgan fingerprint density at radius 3 is 2.30 bits per heavy atom. The van der Waals surface area contributed by atoms with E-state index in [0.29, 0.717) is 13.0 Å². The summed E-state index contributed by atoms with van der Waals surface area (Å²) in [5.41, 5.74) is 0.890. The Balaban J connectivity index is 3.06. The zero-order valence-corrected chi connectivity index (χ0v) is 13.7. The van der Waals surface area contributed by atoms with Gasteiger partial charge in [-0.05, 0) is 24.1 Å². The van der Waals surface area contributed by atoms with Gasteiger partial charge in [0.1, 0.15) is 11.8 Å². The minimum Gasteiger partial charge on any atom is -0.497 e. The molecule has 0 saturated carbocycles. The molecule has 0 aliphatic heterocycles. The van der Waals surface area contributed by atoms with Crippen LogP contribution in [0, 0.1) is 0 Å². The van der Waals surface area contributed by atoms with E-state index >= 15 is 0 Å². The number of carbonyl (C=O) groups excluding carboxylic acids is 2. The van der Waals surface area contributed by atoms with Crippen molar-refractivity contribution in [2.24, 2.45) is 0 Å². The summed E-state index contributed by atoms with van der Waals surface area (Å²) in [5.74, 6) is 0.0808. The van der Waals surface area contributed by atoms with Crippen molar-refractivity contribution in [3.63, 3.8) is 0 Å². The van der Waals surface area contributed by atoms with Crippen LogP contribution < -0.4 is 4.74 Å². The van der Waals surface area contributed by atoms with Crippen LogP contribution in [0.25, 0.3) is 0 Å². The molecule has 0 aliphatic carbocycles. The molecule has 0 bridgehead atoms. The molecule has 1 aromatic rings. The van der Waals surface area contributed by atoms with Crippen LogP contribution in [-0.4, -0.2) is 37.0 Å². The maximum atomic E-state index is 12.4. The normalized spacial score (nSPS) is 11.2. The fourth-order valence-electron chi connectivity index (χ4n) is 2.19. The minimum atomic E-state index is -0.702. The van der Waals surface area contributed by atoms with Crippen molar-refractivity contribution < 1.29 is 19.1 Å². The molecular weight excluding hydrogens is 294 g/mol. The molecule has 0 aliphatic rings. The number of hydrogen-bond acceptors (Lipinski definition) is 4. The molecule has 0 aromatic heterocycles. The smallest absolute Gasteiger partial charge is 0.328 e. The number of methoxy groups -OCH3 is 2. The third-order valence-corrected chi connectivity index (χ3v) is 3.39. The Hall–Kier alpha value is -2.56. The highest BCUT2D eigenvalue weighted by atomic mass is 16.5. The van der Waals surface area contributed by atoms with Gasteiger partial charge in [0.05, 0.1) is 14.2 Å². The molecule has 1 amide bonds. The largest absolute Gasteiger partial charge is 0.497 e. The molecule has 0 heterocycles. The maximum absolute atomic E-state index is 12.4. The van der Waals surface area contributed by atoms with E-state index in [2.05, 4.69) is 13.2 Å². The number of carbonyl (C=O) groups is 2. The maximum Gasteiger partial charge on any atom is 0.328 e. The van der Waals surface area contributed by atoms with Crippen LogP contribution in [0.4, 0.5) is 0 Å². The standard InChI is InChI=1S/C18H23NO4/c1-5-7-16(18(21)23-4)19(17(20)8-6-2)13-14-9-11-15(22-3)12-10-14/h5-6,9-12,16H,1-2,7-8,13H2,3-4H3/t16-/m1/s1. The van der Waals surface area contributed by atoms with Gasteiger partial charge in [0.15, 0.2) is 0 Å². The van der Waals surface area contributed by atoms with E-state index in [4.69, 9.17) is 9.47 Å². The zero-order chi connectivity index (χ0) is 17.2. The fourth-order valence-corrected chi connectivity index (χ4v) is 2.19. The van der Waals surface area contributed by atoms with Crippen LogP contribution in [0.3, 0.4) is 0 Å². The minimum absolute atomic E-state index is 0.154. The highest BCUT2D eigenvalue weighted by Gasteiger charge is 2.29. The molecule has 0 spiro atoms. The first kappa shape index (κ1) is 18.5. The van der Waals surface area contributed by atoms with E-state index in [9.17, 15) is 9.59 Å². The second kappa shape index (κ2) is 9.46. The van der Waals surface area contributed by atoms with Crippen LogP contribution in [-0.2, 0) is 20.9 Å². The lowest BCUT2D eigenvalue weighted by molar-refractivity contribution is -0.153. The van der Waals surface area contributed by atoms with Gasteiger partial charge in [-0.15, -0.1) is 13.2 Å². The van der Waals surface area contributed by atoms with Crippen molar-refractivity contribution in [2.75, 3.05) is 14.2 Å². The van der Waals surface area contributed by atoms with Crippen molar-refractivity contribution in [1.29, 1.82) is 0 Å². The summed E-state index contributed by atoms with van der Waals surface area (Å²) in [6, 6.07) is 6.63. The lowest BCUT2D eigenvalue weighted by Crippen LogP contribution is -2.44. The first-order chi connectivity index (χ1) is 11.1. The van der Waals surface area contributed by atoms with Gasteiger partial charge in [0, 0.05) is 13.0 Å². The van der Waals surface area contributed by atoms with E-state index in [1.54, 1.807) is 13.2 Å². The number of benzene rings is 1. The van der Waals surface area contributed by atoms with Gasteiger partial charge in [-0.3, -0.25) is 4.79 Å². The Labute approximate surface area is 137 Å². The van der Waals surface area contributed by atoms with Gasteiger partial charge >= 0.3 is 5.97 Å². The number of hydrogen-bond donors (Lipinski definition) is 0. The highest BCUT2D eigenvalue weighted by Crippen LogP contribution is 2.17. The van der Waals surface area contributed by atoms with Gasteiger partial charge in [-0.1, -0.05) is 24.3 Å². The van der Waals surface area contributed by atoms with Gasteiger partial charge < -0.3 is 14.4 Å². The summed E-state index contributed by atoms with van der Waals surface area (Å²) >= 11 is 0. The molecule has 0 fully saturated rings. The van der Waals surface area contributed by atoms with Crippen LogP contribution >= 0.6 is 0 Å². The van der Waals surface area contributed by atoms with Crippen LogP contribution in [0.1, 0.15) is 18.4 Å². The molecule has 1 aromatic carbocycles. The molecule has 1 atom stereocenters. The third-order valence-electron chi connectivity index (χ3n) is 3.39. The molecule has 1 rings (SSSR count). The average molecular weight is 317 g/mol. The Kier molecular flexibility index (Phi) is 7.60. The molecule has 5 nitrogen and oxygen atoms in total. The van der Waals surface area contributed by atoms with Crippen LogP contribution in [0.15, 0.2) is 49.6 Å². The van der Waals surface area contributed by atoms with E-state index < -0.39 is 12.0 Å². The molecule has 0 radical (unpaired) electrons. The summed E-state index contributed by atoms with van der Waals surface area (Å²) < 4.78 is 9.94. The fraction of sp³-hybridized carbons (Fsp3) is 0.333. The zero-order valence-electron chi connectivity index (χ0n) is 13.7. The number of amides is 1. The number of ether oxygens (including phenoxy) is 2. The first-order valence-electron chi connectivity index (χ1n) is 7.29. The quantitative estimate of drug-likeness (QED) is 0.519. The third kappa shape index (κ3) is 5.29. The summed E-state index contributed by atoms with van der Waals surface area (Å²) in [6.45, 7) is 7.53. The van der Waals surface area contributed by atoms with Gasteiger partial charge in [0.2, 0.25) is 5.91 Å². The Morgan fingerprint density at radius 2 is 1.83 bits per heavy atom. The summed E-state index contributed by atoms with van der Waals surface area (Å²) in [6.07, 6.45) is 3.60. The second-order valence-corrected chi connectivity index (χ2v) is 4.93. The Morgan fingerprint density at radius 1 is 1.17 bits per heavy atom. The van der Waals surface area contributed by atoms with Gasteiger partial charge in [-0.2, -0.15) is 0 Å². The van der Waals surface area contributed by atoms with E-state index in [-0.39, 0.29) is 12.3 Å². The van der Waals surface area contributed by atoms with E-state index in [0.717, 1.165) is 11.3 Å².